The summed E-state index contributed by atoms with van der Waals surface area (Å²) < 4.78 is 0. The number of rotatable bonds is 19. The molecule has 139 heavy (non-hydrogen) atoms. The Kier molecular flexibility index (Phi) is 50.6. The van der Waals surface area contributed by atoms with Gasteiger partial charge in [0.2, 0.25) is 0 Å². The minimum atomic E-state index is -0.125. The molecule has 0 saturated heterocycles. The zero-order valence-corrected chi connectivity index (χ0v) is 93.7. The second kappa shape index (κ2) is 59.7. The van der Waals surface area contributed by atoms with Crippen molar-refractivity contribution in [3.05, 3.63) is 432 Å². The molecule has 14 heteroatoms. The van der Waals surface area contributed by atoms with Gasteiger partial charge >= 0.3 is 0 Å². The number of benzene rings is 10. The van der Waals surface area contributed by atoms with Gasteiger partial charge in [0.05, 0.1) is 17.0 Å². The summed E-state index contributed by atoms with van der Waals surface area (Å²) in [6, 6.07) is 119. The van der Waals surface area contributed by atoms with Crippen LogP contribution in [0.3, 0.4) is 0 Å². The largest absolute Gasteiger partial charge is 0.512 e. The molecule has 0 aliphatic heterocycles. The Morgan fingerprint density at radius 3 is 1.24 bits per heavy atom. The number of aryl methyl sites for hydroxylation is 5. The molecule has 10 nitrogen and oxygen atoms in total. The van der Waals surface area contributed by atoms with E-state index in [1.807, 2.05) is 162 Å². The van der Waals surface area contributed by atoms with Crippen molar-refractivity contribution in [2.75, 3.05) is 0 Å². The van der Waals surface area contributed by atoms with Crippen LogP contribution in [-0.2, 0) is 114 Å². The number of allylic oxidation sites excluding steroid dienone is 4. The van der Waals surface area contributed by atoms with Crippen LogP contribution < -0.4 is 0 Å². The summed E-state index contributed by atoms with van der Waals surface area (Å²) in [7, 11) is 0. The SMILES string of the molecule is CC(=O)C=C(C)O.CC(C)(C)c1ccnc(-c2[c-]ccc(-c3ccccc3)c2)c1.CC(C)(C)c1ccnc(-c2[c-]ccc(-c3ccccc3)c2)c1.CC(C)CC(=O)C=C(O)CC(C)C.CC(C)c1ccc(-c2[c-]cccc2)nc1.CCc1ccc(-c2[c-]cccc2)nc1.Cc1[c-]c(-c2cc(CC(C)C)c3ccccc3n2)cc(C)c1.Cc1cc(C)cc(-c2ccnc(-c3[c-]cccc3)c2)c1.[Ir].[Ir].[Ir].[Ir]. The molecule has 0 unspecified atom stereocenters. The first-order chi connectivity index (χ1) is 64.5. The number of aromatic nitrogens is 6. The van der Waals surface area contributed by atoms with Gasteiger partial charge in [0, 0.05) is 142 Å². The number of nitrogens with zero attached hydrogens (tertiary/aromatic N) is 6. The fraction of sp³-hybridized carbons (Fsp3) is 0.248. The molecular weight excluding hydrogens is 2420 g/mol. The number of hydrogen-bond acceptors (Lipinski definition) is 10. The van der Waals surface area contributed by atoms with E-state index in [9.17, 15) is 14.7 Å². The van der Waals surface area contributed by atoms with E-state index in [-0.39, 0.29) is 114 Å². The van der Waals surface area contributed by atoms with E-state index >= 15 is 0 Å². The van der Waals surface area contributed by atoms with Crippen LogP contribution in [0.4, 0.5) is 0 Å². The normalized spacial score (nSPS) is 10.8. The van der Waals surface area contributed by atoms with Crippen molar-refractivity contribution in [1.29, 1.82) is 0 Å². The van der Waals surface area contributed by atoms with Crippen LogP contribution in [0.25, 0.3) is 112 Å². The maximum Gasteiger partial charge on any atom is 0.159 e. The summed E-state index contributed by atoms with van der Waals surface area (Å²) in [4.78, 5) is 48.4. The predicted molar refractivity (Wildman–Crippen MR) is 565 cm³/mol. The molecule has 4 radical (unpaired) electrons. The third kappa shape index (κ3) is 40.6. The maximum atomic E-state index is 11.2. The van der Waals surface area contributed by atoms with Gasteiger partial charge in [-0.05, 0) is 184 Å². The third-order valence-electron chi connectivity index (χ3n) is 21.4. The van der Waals surface area contributed by atoms with E-state index in [1.165, 1.54) is 109 Å². The Labute approximate surface area is 883 Å². The van der Waals surface area contributed by atoms with Crippen molar-refractivity contribution in [2.24, 2.45) is 17.8 Å². The van der Waals surface area contributed by atoms with Gasteiger partial charge in [-0.3, -0.25) is 14.6 Å². The molecule has 16 aromatic rings. The zero-order chi connectivity index (χ0) is 97.6. The molecule has 0 aliphatic rings. The predicted octanol–water partition coefficient (Wildman–Crippen LogP) is 32.3. The summed E-state index contributed by atoms with van der Waals surface area (Å²) in [6.45, 7) is 43.6. The number of ketones is 2. The molecule has 6 heterocycles. The molecule has 0 saturated carbocycles. The maximum absolute atomic E-state index is 11.2. The van der Waals surface area contributed by atoms with E-state index in [1.54, 1.807) is 0 Å². The number of carbonyl (C=O) groups is 2. The van der Waals surface area contributed by atoms with E-state index in [0.29, 0.717) is 36.5 Å². The Bertz CT molecular complexity index is 6280. The van der Waals surface area contributed by atoms with Gasteiger partial charge in [0.1, 0.15) is 0 Å². The van der Waals surface area contributed by atoms with Crippen molar-refractivity contribution in [1.82, 2.24) is 29.9 Å². The number of carbonyl (C=O) groups excluding carboxylic acids is 2. The molecule has 0 bridgehead atoms. The second-order valence-electron chi connectivity index (χ2n) is 37.5. The van der Waals surface area contributed by atoms with E-state index in [4.69, 9.17) is 10.1 Å². The van der Waals surface area contributed by atoms with Crippen LogP contribution in [0.2, 0.25) is 0 Å². The van der Waals surface area contributed by atoms with Crippen LogP contribution in [0.5, 0.6) is 0 Å². The number of para-hydroxylation sites is 1. The molecular formula is C125H132Ir4N6O4-6. The first-order valence-electron chi connectivity index (χ1n) is 46.7. The third-order valence-corrected chi connectivity index (χ3v) is 21.4. The number of aliphatic hydroxyl groups is 2. The van der Waals surface area contributed by atoms with Crippen molar-refractivity contribution in [3.8, 4) is 101 Å². The molecule has 10 aromatic carbocycles. The van der Waals surface area contributed by atoms with Gasteiger partial charge in [-0.25, -0.2) is 0 Å². The summed E-state index contributed by atoms with van der Waals surface area (Å²) in [5.41, 5.74) is 32.2. The molecule has 0 atom stereocenters. The van der Waals surface area contributed by atoms with Crippen LogP contribution in [0.1, 0.15) is 187 Å². The first-order valence-corrected chi connectivity index (χ1v) is 46.7. The fourth-order valence-corrected chi connectivity index (χ4v) is 14.6. The molecule has 0 spiro atoms. The van der Waals surface area contributed by atoms with Gasteiger partial charge in [0.25, 0.3) is 0 Å². The van der Waals surface area contributed by atoms with E-state index < -0.39 is 0 Å². The Balaban J connectivity index is 0.000000284. The van der Waals surface area contributed by atoms with Crippen molar-refractivity contribution < 1.29 is 100 Å². The second-order valence-corrected chi connectivity index (χ2v) is 37.5. The number of hydrogen-bond donors (Lipinski definition) is 2. The summed E-state index contributed by atoms with van der Waals surface area (Å²) in [6.07, 6.45) is 15.2. The molecule has 16 rings (SSSR count). The monoisotopic (exact) mass is 2550 g/mol. The van der Waals surface area contributed by atoms with Gasteiger partial charge in [-0.1, -0.05) is 274 Å². The van der Waals surface area contributed by atoms with Crippen molar-refractivity contribution in [2.45, 2.75) is 188 Å². The minimum Gasteiger partial charge on any atom is -0.512 e. The zero-order valence-electron chi connectivity index (χ0n) is 84.1. The number of aliphatic hydroxyl groups excluding tert-OH is 2. The quantitative estimate of drug-likeness (QED) is 0.0455. The van der Waals surface area contributed by atoms with Gasteiger partial charge in [-0.15, -0.1) is 213 Å². The summed E-state index contributed by atoms with van der Waals surface area (Å²) in [5, 5.41) is 19.0. The van der Waals surface area contributed by atoms with Crippen LogP contribution >= 0.6 is 0 Å². The fourth-order valence-electron chi connectivity index (χ4n) is 14.6. The number of pyridine rings is 6. The Morgan fingerprint density at radius 2 is 0.820 bits per heavy atom. The van der Waals surface area contributed by atoms with E-state index in [2.05, 4.69) is 353 Å². The standard InChI is InChI=1S/C21H22N.2C21H20N.C19H16N.C14H14N.C13H12N.C11H20O2.C5H8O2.4Ir/c1-14(2)9-17-13-21(18-11-15(3)10-16(4)12-18)22-20-8-6-5-7-19(17)20;2*1-21(2,3)19-12-13-22-20(15-19)18-11-7-10-17(14-18)16-8-5-4-6-9-16;1-14-10-15(2)12-18(11-14)17-8-9-20-19(13-17)16-6-4-3-5-7-16;1-11(2)13-8-9-14(15-10-13)12-6-4-3-5-7-12;1-2-11-8-9-13(14-10-11)12-6-4-3-5-7-12;1-8(2)5-10(12)7-11(13)6-9(3)4;1-4(6)3-5(2)7;;;;/h5-8,10-11,13-14H,9H2,1-4H3;2*4-10,12-15H,1-3H3;3-6,8-13H,1-2H3;3-6,8-11H,1-2H3;3-6,8-10H,2H2,1H3;7-9,12H,5-6H2,1-4H3;3,6H,1-2H3;;;;/q6*-1;;;;;;. The van der Waals surface area contributed by atoms with Crippen LogP contribution in [0, 0.1) is 81.8 Å². The molecule has 6 aromatic heterocycles. The number of fused-ring (bicyclic) bond motifs is 1. The minimum absolute atomic E-state index is 0. The van der Waals surface area contributed by atoms with Gasteiger partial charge in [-0.2, -0.15) is 0 Å². The molecule has 0 aliphatic carbocycles. The van der Waals surface area contributed by atoms with Crippen molar-refractivity contribution in [3.63, 3.8) is 0 Å². The van der Waals surface area contributed by atoms with Crippen LogP contribution in [-0.4, -0.2) is 51.7 Å². The average Bonchev–Trinajstić information content (AvgIpc) is 0.789. The summed E-state index contributed by atoms with van der Waals surface area (Å²) >= 11 is 0. The molecule has 0 amide bonds. The van der Waals surface area contributed by atoms with Crippen molar-refractivity contribution >= 4 is 22.5 Å². The van der Waals surface area contributed by atoms with Gasteiger partial charge < -0.3 is 35.1 Å². The smallest absolute Gasteiger partial charge is 0.159 e. The Morgan fingerprint density at radius 1 is 0.374 bits per heavy atom. The molecule has 2 N–H and O–H groups in total. The molecule has 728 valence electrons. The van der Waals surface area contributed by atoms with E-state index in [0.717, 1.165) is 91.5 Å². The van der Waals surface area contributed by atoms with Gasteiger partial charge in [0.15, 0.2) is 11.6 Å². The Hall–Kier alpha value is -11.6. The molecule has 0 fully saturated rings. The topological polar surface area (TPSA) is 152 Å². The average molecular weight is 2550 g/mol. The van der Waals surface area contributed by atoms with Crippen LogP contribution in [0.15, 0.2) is 346 Å². The first kappa shape index (κ1) is 118. The summed E-state index contributed by atoms with van der Waals surface area (Å²) in [5.74, 6) is 2.08.